The van der Waals surface area contributed by atoms with E-state index in [2.05, 4.69) is 25.3 Å². The summed E-state index contributed by atoms with van der Waals surface area (Å²) in [6, 6.07) is 5.20. The van der Waals surface area contributed by atoms with Crippen molar-refractivity contribution in [2.75, 3.05) is 36.5 Å². The molecule has 0 aliphatic carbocycles. The summed E-state index contributed by atoms with van der Waals surface area (Å²) in [5.41, 5.74) is 1.36. The van der Waals surface area contributed by atoms with Crippen LogP contribution in [0.4, 0.5) is 24.8 Å². The molecule has 1 saturated heterocycles. The van der Waals surface area contributed by atoms with Crippen molar-refractivity contribution in [2.24, 2.45) is 0 Å². The third-order valence-corrected chi connectivity index (χ3v) is 4.55. The Balaban J connectivity index is 1.78. The van der Waals surface area contributed by atoms with Crippen LogP contribution >= 0.6 is 0 Å². The average molecular weight is 392 g/mol. The highest BCUT2D eigenvalue weighted by Crippen LogP contribution is 2.29. The molecule has 0 saturated carbocycles. The van der Waals surface area contributed by atoms with E-state index in [0.29, 0.717) is 42.6 Å². The Morgan fingerprint density at radius 3 is 2.96 bits per heavy atom. The number of morpholine rings is 1. The van der Waals surface area contributed by atoms with Crippen molar-refractivity contribution in [1.29, 1.82) is 0 Å². The maximum atomic E-state index is 12.7. The van der Waals surface area contributed by atoms with Crippen molar-refractivity contribution in [3.8, 4) is 11.4 Å². The highest BCUT2D eigenvalue weighted by Gasteiger charge is 2.28. The number of hydrogen-bond donors (Lipinski definition) is 2. The molecule has 0 bridgehead atoms. The maximum absolute atomic E-state index is 12.7. The standard InChI is InChI=1S/C18H19F3N6O/c1-11-9-28-7-6-27(11)15-8-14(24-10-18(19,20)21)25-17(26-15)13-3-5-23-16-12(13)2-4-22-16/h2-5,8,11H,6-7,9-10H2,1H3,(H,22,23)(H,24,25,26). The monoisotopic (exact) mass is 392 g/mol. The second kappa shape index (κ2) is 7.27. The van der Waals surface area contributed by atoms with E-state index in [0.717, 1.165) is 5.39 Å². The smallest absolute Gasteiger partial charge is 0.377 e. The molecule has 1 unspecified atom stereocenters. The number of alkyl halides is 3. The van der Waals surface area contributed by atoms with Crippen LogP contribution in [0, 0.1) is 0 Å². The number of aromatic amines is 1. The van der Waals surface area contributed by atoms with Crippen LogP contribution in [-0.2, 0) is 4.74 Å². The van der Waals surface area contributed by atoms with Crippen LogP contribution in [0.5, 0.6) is 0 Å². The molecule has 10 heteroatoms. The molecule has 1 aliphatic heterocycles. The number of fused-ring (bicyclic) bond motifs is 1. The van der Waals surface area contributed by atoms with E-state index in [4.69, 9.17) is 4.74 Å². The van der Waals surface area contributed by atoms with Gasteiger partial charge in [-0.1, -0.05) is 0 Å². The van der Waals surface area contributed by atoms with E-state index < -0.39 is 12.7 Å². The topological polar surface area (TPSA) is 79.0 Å². The van der Waals surface area contributed by atoms with Crippen molar-refractivity contribution in [3.63, 3.8) is 0 Å². The van der Waals surface area contributed by atoms with Gasteiger partial charge in [0.2, 0.25) is 0 Å². The number of anilines is 2. The first-order valence-electron chi connectivity index (χ1n) is 8.87. The zero-order chi connectivity index (χ0) is 19.7. The normalized spacial score (nSPS) is 17.9. The number of pyridine rings is 1. The molecule has 2 N–H and O–H groups in total. The van der Waals surface area contributed by atoms with Crippen molar-refractivity contribution in [3.05, 3.63) is 30.6 Å². The van der Waals surface area contributed by atoms with Crippen molar-refractivity contribution >= 4 is 22.7 Å². The van der Waals surface area contributed by atoms with Gasteiger partial charge in [-0.25, -0.2) is 15.0 Å². The van der Waals surface area contributed by atoms with Gasteiger partial charge in [0.05, 0.1) is 19.3 Å². The van der Waals surface area contributed by atoms with Gasteiger partial charge in [0.1, 0.15) is 23.8 Å². The molecule has 4 rings (SSSR count). The van der Waals surface area contributed by atoms with Crippen LogP contribution in [0.15, 0.2) is 30.6 Å². The SMILES string of the molecule is CC1COCCN1c1cc(NCC(F)(F)F)nc(-c2ccnc3[nH]ccc23)n1. The molecule has 1 fully saturated rings. The van der Waals surface area contributed by atoms with E-state index in [9.17, 15) is 13.2 Å². The van der Waals surface area contributed by atoms with E-state index in [-0.39, 0.29) is 11.9 Å². The Hall–Kier alpha value is -2.88. The van der Waals surface area contributed by atoms with Crippen molar-refractivity contribution in [1.82, 2.24) is 19.9 Å². The van der Waals surface area contributed by atoms with E-state index >= 15 is 0 Å². The summed E-state index contributed by atoms with van der Waals surface area (Å²) in [7, 11) is 0. The van der Waals surface area contributed by atoms with E-state index in [1.54, 1.807) is 24.5 Å². The summed E-state index contributed by atoms with van der Waals surface area (Å²) < 4.78 is 43.6. The van der Waals surface area contributed by atoms with Crippen LogP contribution in [0.2, 0.25) is 0 Å². The highest BCUT2D eigenvalue weighted by atomic mass is 19.4. The molecule has 0 aromatic carbocycles. The van der Waals surface area contributed by atoms with E-state index in [1.807, 2.05) is 17.9 Å². The fourth-order valence-corrected chi connectivity index (χ4v) is 3.21. The lowest BCUT2D eigenvalue weighted by Gasteiger charge is -2.34. The molecule has 28 heavy (non-hydrogen) atoms. The van der Waals surface area contributed by atoms with Gasteiger partial charge < -0.3 is 19.9 Å². The summed E-state index contributed by atoms with van der Waals surface area (Å²) in [5, 5.41) is 3.18. The Labute approximate surface area is 159 Å². The molecule has 4 heterocycles. The van der Waals surface area contributed by atoms with Crippen LogP contribution in [0.25, 0.3) is 22.4 Å². The third kappa shape index (κ3) is 3.86. The van der Waals surface area contributed by atoms with Crippen LogP contribution in [0.1, 0.15) is 6.92 Å². The predicted molar refractivity (Wildman–Crippen MR) is 99.3 cm³/mol. The molecule has 0 radical (unpaired) electrons. The van der Waals surface area contributed by atoms with Crippen molar-refractivity contribution in [2.45, 2.75) is 19.1 Å². The van der Waals surface area contributed by atoms with Crippen molar-refractivity contribution < 1.29 is 17.9 Å². The molecule has 3 aromatic rings. The lowest BCUT2D eigenvalue weighted by atomic mass is 10.1. The van der Waals surface area contributed by atoms with Gasteiger partial charge in [-0.3, -0.25) is 0 Å². The minimum Gasteiger partial charge on any atom is -0.377 e. The Morgan fingerprint density at radius 1 is 1.32 bits per heavy atom. The number of ether oxygens (including phenoxy) is 1. The largest absolute Gasteiger partial charge is 0.405 e. The molecule has 1 atom stereocenters. The zero-order valence-corrected chi connectivity index (χ0v) is 15.1. The molecule has 0 amide bonds. The molecule has 0 spiro atoms. The second-order valence-corrected chi connectivity index (χ2v) is 6.62. The summed E-state index contributed by atoms with van der Waals surface area (Å²) in [6.07, 6.45) is -0.982. The molecular weight excluding hydrogens is 373 g/mol. The Kier molecular flexibility index (Phi) is 4.80. The number of hydrogen-bond acceptors (Lipinski definition) is 6. The predicted octanol–water partition coefficient (Wildman–Crippen LogP) is 3.22. The van der Waals surface area contributed by atoms with Crippen LogP contribution in [0.3, 0.4) is 0 Å². The summed E-state index contributed by atoms with van der Waals surface area (Å²) in [5.74, 6) is 1.02. The van der Waals surface area contributed by atoms with Gasteiger partial charge in [0, 0.05) is 36.0 Å². The molecular formula is C18H19F3N6O. The molecule has 3 aromatic heterocycles. The summed E-state index contributed by atoms with van der Waals surface area (Å²) in [4.78, 5) is 18.3. The number of H-pyrrole nitrogens is 1. The van der Waals surface area contributed by atoms with Gasteiger partial charge in [-0.05, 0) is 19.1 Å². The van der Waals surface area contributed by atoms with Gasteiger partial charge in [0.15, 0.2) is 5.82 Å². The first-order chi connectivity index (χ1) is 13.4. The second-order valence-electron chi connectivity index (χ2n) is 6.62. The fraction of sp³-hybridized carbons (Fsp3) is 0.389. The molecule has 1 aliphatic rings. The number of halogens is 3. The van der Waals surface area contributed by atoms with Gasteiger partial charge in [-0.15, -0.1) is 0 Å². The quantitative estimate of drug-likeness (QED) is 0.710. The third-order valence-electron chi connectivity index (χ3n) is 4.55. The maximum Gasteiger partial charge on any atom is 0.405 e. The lowest BCUT2D eigenvalue weighted by molar-refractivity contribution is -0.115. The highest BCUT2D eigenvalue weighted by molar-refractivity contribution is 5.91. The minimum absolute atomic E-state index is 0.0525. The average Bonchev–Trinajstić information content (AvgIpc) is 3.15. The minimum atomic E-state index is -4.35. The van der Waals surface area contributed by atoms with E-state index in [1.165, 1.54) is 0 Å². The number of nitrogens with zero attached hydrogens (tertiary/aromatic N) is 4. The van der Waals surface area contributed by atoms with Crippen LogP contribution in [-0.4, -0.2) is 58.5 Å². The fourth-order valence-electron chi connectivity index (χ4n) is 3.21. The van der Waals surface area contributed by atoms with Gasteiger partial charge in [-0.2, -0.15) is 13.2 Å². The summed E-state index contributed by atoms with van der Waals surface area (Å²) >= 11 is 0. The Morgan fingerprint density at radius 2 is 2.18 bits per heavy atom. The Bertz CT molecular complexity index is 973. The molecule has 148 valence electrons. The molecule has 7 nitrogen and oxygen atoms in total. The van der Waals surface area contributed by atoms with Gasteiger partial charge >= 0.3 is 6.18 Å². The number of rotatable bonds is 4. The number of aromatic nitrogens is 4. The summed E-state index contributed by atoms with van der Waals surface area (Å²) in [6.45, 7) is 2.48. The lowest BCUT2D eigenvalue weighted by Crippen LogP contribution is -2.44. The van der Waals surface area contributed by atoms with Crippen LogP contribution < -0.4 is 10.2 Å². The first kappa shape index (κ1) is 18.5. The number of nitrogens with one attached hydrogen (secondary N) is 2. The first-order valence-corrected chi connectivity index (χ1v) is 8.87. The van der Waals surface area contributed by atoms with Gasteiger partial charge in [0.25, 0.3) is 0 Å². The zero-order valence-electron chi connectivity index (χ0n) is 15.1.